The normalized spacial score (nSPS) is 10.6. The smallest absolute Gasteiger partial charge is 0.221 e. The molecule has 0 aliphatic carbocycles. The molecule has 0 saturated heterocycles. The van der Waals surface area contributed by atoms with Crippen LogP contribution in [0.15, 0.2) is 30.3 Å². The van der Waals surface area contributed by atoms with Crippen molar-refractivity contribution in [2.24, 2.45) is 0 Å². The van der Waals surface area contributed by atoms with Gasteiger partial charge >= 0.3 is 0 Å². The van der Waals surface area contributed by atoms with Gasteiger partial charge in [0.2, 0.25) is 5.88 Å². The first-order valence-corrected chi connectivity index (χ1v) is 5.38. The number of aliphatic hydroxyl groups excluding tert-OH is 1. The van der Waals surface area contributed by atoms with Crippen LogP contribution in [-0.4, -0.2) is 23.8 Å². The van der Waals surface area contributed by atoms with Crippen LogP contribution < -0.4 is 4.74 Å². The third-order valence-electron chi connectivity index (χ3n) is 2.54. The lowest BCUT2D eigenvalue weighted by atomic mass is 10.1. The molecule has 1 aromatic carbocycles. The lowest BCUT2D eigenvalue weighted by Crippen LogP contribution is -1.97. The molecule has 0 amide bonds. The van der Waals surface area contributed by atoms with E-state index in [4.69, 9.17) is 9.84 Å². The van der Waals surface area contributed by atoms with Crippen molar-refractivity contribution in [1.29, 1.82) is 0 Å². The van der Waals surface area contributed by atoms with Crippen molar-refractivity contribution >= 4 is 10.8 Å². The Hall–Kier alpha value is -1.61. The van der Waals surface area contributed by atoms with E-state index in [2.05, 4.69) is 4.98 Å². The van der Waals surface area contributed by atoms with Crippen molar-refractivity contribution in [3.8, 4) is 5.88 Å². The Morgan fingerprint density at radius 1 is 1.31 bits per heavy atom. The van der Waals surface area contributed by atoms with Crippen molar-refractivity contribution in [2.75, 3.05) is 13.7 Å². The summed E-state index contributed by atoms with van der Waals surface area (Å²) < 4.78 is 5.27. The van der Waals surface area contributed by atoms with Gasteiger partial charge in [-0.2, -0.15) is 0 Å². The zero-order valence-electron chi connectivity index (χ0n) is 9.31. The number of hydrogen-bond acceptors (Lipinski definition) is 3. The van der Waals surface area contributed by atoms with Crippen molar-refractivity contribution < 1.29 is 9.84 Å². The Morgan fingerprint density at radius 2 is 2.12 bits per heavy atom. The second-order valence-corrected chi connectivity index (χ2v) is 3.67. The zero-order valence-corrected chi connectivity index (χ0v) is 9.31. The van der Waals surface area contributed by atoms with E-state index in [1.54, 1.807) is 7.11 Å². The van der Waals surface area contributed by atoms with Crippen LogP contribution in [0.2, 0.25) is 0 Å². The number of aliphatic hydroxyl groups is 1. The summed E-state index contributed by atoms with van der Waals surface area (Å²) in [4.78, 5) is 4.42. The number of methoxy groups -OCH3 is 1. The van der Waals surface area contributed by atoms with Crippen LogP contribution >= 0.6 is 0 Å². The molecule has 0 aliphatic rings. The van der Waals surface area contributed by atoms with Gasteiger partial charge in [0.25, 0.3) is 0 Å². The number of nitrogens with zero attached hydrogens (tertiary/aromatic N) is 1. The molecule has 2 aromatic rings. The highest BCUT2D eigenvalue weighted by atomic mass is 16.5. The van der Waals surface area contributed by atoms with Crippen LogP contribution in [-0.2, 0) is 6.42 Å². The zero-order chi connectivity index (χ0) is 11.4. The van der Waals surface area contributed by atoms with Crippen molar-refractivity contribution in [3.63, 3.8) is 0 Å². The minimum Gasteiger partial charge on any atom is -0.481 e. The third kappa shape index (κ3) is 2.14. The maximum absolute atomic E-state index is 8.81. The van der Waals surface area contributed by atoms with Crippen LogP contribution in [0.3, 0.4) is 0 Å². The Bertz CT molecular complexity index is 482. The van der Waals surface area contributed by atoms with Crippen LogP contribution in [0.25, 0.3) is 10.8 Å². The number of ether oxygens (including phenoxy) is 1. The lowest BCUT2D eigenvalue weighted by Gasteiger charge is -2.07. The molecule has 1 N–H and O–H groups in total. The molecule has 0 aliphatic heterocycles. The van der Waals surface area contributed by atoms with E-state index in [1.807, 2.05) is 30.3 Å². The fraction of sp³-hybridized carbons (Fsp3) is 0.308. The molecular formula is C13H15NO2. The number of aryl methyl sites for hydroxylation is 1. The Kier molecular flexibility index (Phi) is 3.37. The summed E-state index contributed by atoms with van der Waals surface area (Å²) in [5.74, 6) is 0.658. The van der Waals surface area contributed by atoms with E-state index in [0.29, 0.717) is 5.88 Å². The van der Waals surface area contributed by atoms with Crippen LogP contribution in [0.4, 0.5) is 0 Å². The number of pyridine rings is 1. The fourth-order valence-corrected chi connectivity index (χ4v) is 1.76. The largest absolute Gasteiger partial charge is 0.481 e. The standard InChI is InChI=1S/C13H15NO2/c1-16-13-12-7-3-2-5-10(12)9-11(14-13)6-4-8-15/h2-3,5,7,9,15H,4,6,8H2,1H3. The summed E-state index contributed by atoms with van der Waals surface area (Å²) in [6, 6.07) is 10.1. The summed E-state index contributed by atoms with van der Waals surface area (Å²) in [6.45, 7) is 0.191. The third-order valence-corrected chi connectivity index (χ3v) is 2.54. The molecule has 3 nitrogen and oxygen atoms in total. The quantitative estimate of drug-likeness (QED) is 0.853. The molecule has 1 heterocycles. The highest BCUT2D eigenvalue weighted by Gasteiger charge is 2.05. The van der Waals surface area contributed by atoms with Gasteiger partial charge in [-0.3, -0.25) is 0 Å². The van der Waals surface area contributed by atoms with Gasteiger partial charge in [0.15, 0.2) is 0 Å². The molecule has 0 spiro atoms. The summed E-state index contributed by atoms with van der Waals surface area (Å²) >= 11 is 0. The number of aromatic nitrogens is 1. The van der Waals surface area contributed by atoms with Crippen molar-refractivity contribution in [2.45, 2.75) is 12.8 Å². The van der Waals surface area contributed by atoms with Gasteiger partial charge in [-0.05, 0) is 30.4 Å². The van der Waals surface area contributed by atoms with Gasteiger partial charge < -0.3 is 9.84 Å². The van der Waals surface area contributed by atoms with E-state index < -0.39 is 0 Å². The monoisotopic (exact) mass is 217 g/mol. The number of hydrogen-bond donors (Lipinski definition) is 1. The first-order chi connectivity index (χ1) is 7.85. The van der Waals surface area contributed by atoms with Gasteiger partial charge in [-0.25, -0.2) is 4.98 Å². The van der Waals surface area contributed by atoms with Crippen LogP contribution in [0.1, 0.15) is 12.1 Å². The summed E-state index contributed by atoms with van der Waals surface area (Å²) in [5, 5.41) is 11.0. The molecule has 1 aromatic heterocycles. The van der Waals surface area contributed by atoms with E-state index >= 15 is 0 Å². The molecule has 2 rings (SSSR count). The molecule has 0 atom stereocenters. The lowest BCUT2D eigenvalue weighted by molar-refractivity contribution is 0.288. The van der Waals surface area contributed by atoms with Gasteiger partial charge in [-0.1, -0.05) is 18.2 Å². The number of fused-ring (bicyclic) bond motifs is 1. The minimum absolute atomic E-state index is 0.191. The predicted octanol–water partition coefficient (Wildman–Crippen LogP) is 2.17. The first-order valence-electron chi connectivity index (χ1n) is 5.38. The van der Waals surface area contributed by atoms with E-state index in [1.165, 1.54) is 0 Å². The second kappa shape index (κ2) is 4.94. The molecule has 0 radical (unpaired) electrons. The highest BCUT2D eigenvalue weighted by Crippen LogP contribution is 2.24. The summed E-state index contributed by atoms with van der Waals surface area (Å²) in [7, 11) is 1.63. The number of rotatable bonds is 4. The molecule has 84 valence electrons. The Labute approximate surface area is 94.7 Å². The average molecular weight is 217 g/mol. The molecule has 0 bridgehead atoms. The topological polar surface area (TPSA) is 42.4 Å². The Morgan fingerprint density at radius 3 is 2.88 bits per heavy atom. The maximum Gasteiger partial charge on any atom is 0.221 e. The van der Waals surface area contributed by atoms with Crippen LogP contribution in [0, 0.1) is 0 Å². The summed E-state index contributed by atoms with van der Waals surface area (Å²) in [6.07, 6.45) is 1.51. The molecule has 16 heavy (non-hydrogen) atoms. The Balaban J connectivity index is 2.46. The van der Waals surface area contributed by atoms with Crippen LogP contribution in [0.5, 0.6) is 5.88 Å². The first kappa shape index (κ1) is 10.9. The number of benzene rings is 1. The van der Waals surface area contributed by atoms with Crippen molar-refractivity contribution in [1.82, 2.24) is 4.98 Å². The molecule has 0 saturated carbocycles. The van der Waals surface area contributed by atoms with Gasteiger partial charge in [0.05, 0.1) is 7.11 Å². The molecule has 0 unspecified atom stereocenters. The van der Waals surface area contributed by atoms with Gasteiger partial charge in [0.1, 0.15) is 0 Å². The molecular weight excluding hydrogens is 202 g/mol. The summed E-state index contributed by atoms with van der Waals surface area (Å²) in [5.41, 5.74) is 0.963. The molecule has 0 fully saturated rings. The van der Waals surface area contributed by atoms with E-state index in [9.17, 15) is 0 Å². The van der Waals surface area contributed by atoms with Gasteiger partial charge in [0, 0.05) is 17.7 Å². The second-order valence-electron chi connectivity index (χ2n) is 3.67. The average Bonchev–Trinajstić information content (AvgIpc) is 2.35. The highest BCUT2D eigenvalue weighted by molar-refractivity contribution is 5.87. The fourth-order valence-electron chi connectivity index (χ4n) is 1.76. The van der Waals surface area contributed by atoms with Crippen molar-refractivity contribution in [3.05, 3.63) is 36.0 Å². The van der Waals surface area contributed by atoms with E-state index in [0.717, 1.165) is 29.3 Å². The van der Waals surface area contributed by atoms with Gasteiger partial charge in [-0.15, -0.1) is 0 Å². The SMILES string of the molecule is COc1nc(CCCO)cc2ccccc12. The predicted molar refractivity (Wildman–Crippen MR) is 63.7 cm³/mol. The molecule has 3 heteroatoms. The van der Waals surface area contributed by atoms with E-state index in [-0.39, 0.29) is 6.61 Å². The minimum atomic E-state index is 0.191. The maximum atomic E-state index is 8.81.